The number of carbonyl (C=O) groups excluding carboxylic acids is 1. The van der Waals surface area contributed by atoms with Crippen LogP contribution in [-0.4, -0.2) is 27.2 Å². The van der Waals surface area contributed by atoms with Crippen molar-refractivity contribution in [2.75, 3.05) is 12.9 Å². The SMILES string of the molecule is C[C@H](NC(=O)COc1ccccc1F)c1ccc(S(C)(=O)=O)cc1. The second kappa shape index (κ2) is 7.44. The summed E-state index contributed by atoms with van der Waals surface area (Å²) < 4.78 is 41.4. The summed E-state index contributed by atoms with van der Waals surface area (Å²) in [5.41, 5.74) is 0.752. The van der Waals surface area contributed by atoms with Crippen LogP contribution in [0.3, 0.4) is 0 Å². The summed E-state index contributed by atoms with van der Waals surface area (Å²) in [4.78, 5) is 12.1. The lowest BCUT2D eigenvalue weighted by atomic mass is 10.1. The van der Waals surface area contributed by atoms with Crippen molar-refractivity contribution >= 4 is 15.7 Å². The molecule has 0 bridgehead atoms. The van der Waals surface area contributed by atoms with Gasteiger partial charge in [-0.1, -0.05) is 24.3 Å². The topological polar surface area (TPSA) is 72.5 Å². The van der Waals surface area contributed by atoms with Gasteiger partial charge in [0.15, 0.2) is 28.0 Å². The molecule has 0 heterocycles. The molecule has 0 aliphatic rings. The van der Waals surface area contributed by atoms with Gasteiger partial charge in [0, 0.05) is 6.26 Å². The molecule has 128 valence electrons. The molecule has 2 aromatic rings. The van der Waals surface area contributed by atoms with Gasteiger partial charge in [-0.2, -0.15) is 0 Å². The molecular formula is C17H18FNO4S. The Morgan fingerprint density at radius 1 is 1.17 bits per heavy atom. The molecule has 1 atom stereocenters. The number of nitrogens with one attached hydrogen (secondary N) is 1. The first-order valence-corrected chi connectivity index (χ1v) is 9.13. The molecule has 2 aromatic carbocycles. The van der Waals surface area contributed by atoms with E-state index in [0.29, 0.717) is 0 Å². The molecule has 1 amide bonds. The fourth-order valence-corrected chi connectivity index (χ4v) is 2.71. The van der Waals surface area contributed by atoms with Gasteiger partial charge in [-0.15, -0.1) is 0 Å². The van der Waals surface area contributed by atoms with Crippen LogP contribution in [0.5, 0.6) is 5.75 Å². The zero-order chi connectivity index (χ0) is 17.7. The number of hydrogen-bond acceptors (Lipinski definition) is 4. The van der Waals surface area contributed by atoms with E-state index >= 15 is 0 Å². The summed E-state index contributed by atoms with van der Waals surface area (Å²) in [7, 11) is -3.25. The molecule has 0 aliphatic heterocycles. The van der Waals surface area contributed by atoms with E-state index in [0.717, 1.165) is 11.8 Å². The Balaban J connectivity index is 1.93. The zero-order valence-corrected chi connectivity index (χ0v) is 14.1. The van der Waals surface area contributed by atoms with Gasteiger partial charge in [-0.05, 0) is 36.8 Å². The minimum Gasteiger partial charge on any atom is -0.481 e. The lowest BCUT2D eigenvalue weighted by Gasteiger charge is -2.15. The van der Waals surface area contributed by atoms with Gasteiger partial charge in [0.05, 0.1) is 10.9 Å². The van der Waals surface area contributed by atoms with E-state index in [1.165, 1.54) is 30.3 Å². The van der Waals surface area contributed by atoms with Gasteiger partial charge in [-0.3, -0.25) is 4.79 Å². The zero-order valence-electron chi connectivity index (χ0n) is 13.3. The summed E-state index contributed by atoms with van der Waals surface area (Å²) in [5, 5.41) is 2.71. The van der Waals surface area contributed by atoms with Gasteiger partial charge < -0.3 is 10.1 Å². The van der Waals surface area contributed by atoms with Crippen molar-refractivity contribution in [2.24, 2.45) is 0 Å². The molecule has 0 radical (unpaired) electrons. The van der Waals surface area contributed by atoms with Crippen molar-refractivity contribution in [2.45, 2.75) is 17.9 Å². The summed E-state index contributed by atoms with van der Waals surface area (Å²) in [6.45, 7) is 1.45. The number of sulfone groups is 1. The van der Waals surface area contributed by atoms with Crippen molar-refractivity contribution in [1.82, 2.24) is 5.32 Å². The van der Waals surface area contributed by atoms with Crippen molar-refractivity contribution in [3.8, 4) is 5.75 Å². The highest BCUT2D eigenvalue weighted by Gasteiger charge is 2.13. The fraction of sp³-hybridized carbons (Fsp3) is 0.235. The number of benzene rings is 2. The third-order valence-corrected chi connectivity index (χ3v) is 4.51. The van der Waals surface area contributed by atoms with Crippen molar-refractivity contribution < 1.29 is 22.3 Å². The van der Waals surface area contributed by atoms with Crippen molar-refractivity contribution in [3.05, 3.63) is 59.9 Å². The molecule has 5 nitrogen and oxygen atoms in total. The molecule has 0 saturated carbocycles. The molecule has 0 aliphatic carbocycles. The van der Waals surface area contributed by atoms with E-state index in [2.05, 4.69) is 5.32 Å². The molecule has 1 N–H and O–H groups in total. The first-order valence-electron chi connectivity index (χ1n) is 7.24. The number of hydrogen-bond donors (Lipinski definition) is 1. The number of halogens is 1. The lowest BCUT2D eigenvalue weighted by molar-refractivity contribution is -0.123. The monoisotopic (exact) mass is 351 g/mol. The van der Waals surface area contributed by atoms with Gasteiger partial charge in [0.1, 0.15) is 0 Å². The predicted octanol–water partition coefficient (Wildman–Crippen LogP) is 2.49. The summed E-state index contributed by atoms with van der Waals surface area (Å²) in [6.07, 6.45) is 1.13. The maximum Gasteiger partial charge on any atom is 0.258 e. The summed E-state index contributed by atoms with van der Waals surface area (Å²) >= 11 is 0. The van der Waals surface area contributed by atoms with Crippen LogP contribution in [0, 0.1) is 5.82 Å². The Bertz CT molecular complexity index is 819. The highest BCUT2D eigenvalue weighted by atomic mass is 32.2. The third kappa shape index (κ3) is 4.79. The predicted molar refractivity (Wildman–Crippen MR) is 88.0 cm³/mol. The highest BCUT2D eigenvalue weighted by molar-refractivity contribution is 7.90. The fourth-order valence-electron chi connectivity index (χ4n) is 2.08. The van der Waals surface area contributed by atoms with Crippen LogP contribution in [0.4, 0.5) is 4.39 Å². The van der Waals surface area contributed by atoms with E-state index in [1.807, 2.05) is 0 Å². The maximum atomic E-state index is 13.4. The van der Waals surface area contributed by atoms with E-state index in [9.17, 15) is 17.6 Å². The number of amides is 1. The molecule has 7 heteroatoms. The first-order chi connectivity index (χ1) is 11.3. The Labute approximate surface area is 140 Å². The van der Waals surface area contributed by atoms with Crippen LogP contribution in [0.25, 0.3) is 0 Å². The van der Waals surface area contributed by atoms with Crippen LogP contribution in [0.15, 0.2) is 53.4 Å². The molecule has 2 rings (SSSR count). The minimum absolute atomic E-state index is 0.0119. The average Bonchev–Trinajstić information content (AvgIpc) is 2.53. The Hall–Kier alpha value is -2.41. The number of carbonyl (C=O) groups is 1. The third-order valence-electron chi connectivity index (χ3n) is 3.38. The van der Waals surface area contributed by atoms with Crippen LogP contribution in [0.1, 0.15) is 18.5 Å². The average molecular weight is 351 g/mol. The molecule has 0 spiro atoms. The van der Waals surface area contributed by atoms with Crippen LogP contribution in [-0.2, 0) is 14.6 Å². The van der Waals surface area contributed by atoms with E-state index in [4.69, 9.17) is 4.74 Å². The standard InChI is InChI=1S/C17H18FNO4S/c1-12(13-7-9-14(10-8-13)24(2,21)22)19-17(20)11-23-16-6-4-3-5-15(16)18/h3-10,12H,11H2,1-2H3,(H,19,20)/t12-/m0/s1. The van der Waals surface area contributed by atoms with Gasteiger partial charge in [-0.25, -0.2) is 12.8 Å². The Morgan fingerprint density at radius 3 is 2.38 bits per heavy atom. The maximum absolute atomic E-state index is 13.4. The van der Waals surface area contributed by atoms with E-state index in [1.54, 1.807) is 25.1 Å². The first kappa shape index (κ1) is 17.9. The molecule has 0 fully saturated rings. The molecule has 0 aromatic heterocycles. The number of ether oxygens (including phenoxy) is 1. The smallest absolute Gasteiger partial charge is 0.258 e. The Kier molecular flexibility index (Phi) is 5.56. The van der Waals surface area contributed by atoms with E-state index in [-0.39, 0.29) is 23.3 Å². The largest absolute Gasteiger partial charge is 0.481 e. The van der Waals surface area contributed by atoms with Gasteiger partial charge >= 0.3 is 0 Å². The molecule has 0 unspecified atom stereocenters. The normalized spacial score (nSPS) is 12.5. The molecule has 24 heavy (non-hydrogen) atoms. The van der Waals surface area contributed by atoms with Crippen molar-refractivity contribution in [3.63, 3.8) is 0 Å². The second-order valence-corrected chi connectivity index (χ2v) is 7.37. The summed E-state index contributed by atoms with van der Waals surface area (Å²) in [5.74, 6) is -0.925. The van der Waals surface area contributed by atoms with Gasteiger partial charge in [0.25, 0.3) is 5.91 Å². The van der Waals surface area contributed by atoms with Crippen LogP contribution in [0.2, 0.25) is 0 Å². The van der Waals surface area contributed by atoms with Crippen LogP contribution >= 0.6 is 0 Å². The highest BCUT2D eigenvalue weighted by Crippen LogP contribution is 2.17. The second-order valence-electron chi connectivity index (χ2n) is 5.35. The number of para-hydroxylation sites is 1. The van der Waals surface area contributed by atoms with Crippen LogP contribution < -0.4 is 10.1 Å². The molecular weight excluding hydrogens is 333 g/mol. The minimum atomic E-state index is -3.25. The Morgan fingerprint density at radius 2 is 1.79 bits per heavy atom. The van der Waals surface area contributed by atoms with Gasteiger partial charge in [0.2, 0.25) is 0 Å². The lowest BCUT2D eigenvalue weighted by Crippen LogP contribution is -2.31. The van der Waals surface area contributed by atoms with Crippen molar-refractivity contribution in [1.29, 1.82) is 0 Å². The summed E-state index contributed by atoms with van der Waals surface area (Å²) in [6, 6.07) is 11.8. The quantitative estimate of drug-likeness (QED) is 0.868. The van der Waals surface area contributed by atoms with E-state index < -0.39 is 21.6 Å². The number of rotatable bonds is 6. The molecule has 0 saturated heterocycles.